The molecule has 1 aliphatic carbocycles. The summed E-state index contributed by atoms with van der Waals surface area (Å²) < 4.78 is 73.5. The van der Waals surface area contributed by atoms with Crippen molar-refractivity contribution in [1.82, 2.24) is 79.1 Å². The molecule has 5 aromatic carbocycles. The molecule has 11 rings (SSSR count). The van der Waals surface area contributed by atoms with E-state index in [-0.39, 0.29) is 29.1 Å². The van der Waals surface area contributed by atoms with Gasteiger partial charge in [0.2, 0.25) is 0 Å². The Balaban J connectivity index is 0.000000189. The van der Waals surface area contributed by atoms with Crippen molar-refractivity contribution in [2.45, 2.75) is 184 Å². The van der Waals surface area contributed by atoms with Crippen LogP contribution < -0.4 is 5.32 Å². The van der Waals surface area contributed by atoms with Gasteiger partial charge in [-0.1, -0.05) is 79.6 Å². The lowest BCUT2D eigenvalue weighted by Gasteiger charge is -2.21. The molecule has 2 N–H and O–H groups in total. The number of aromatic nitrogens is 10. The van der Waals surface area contributed by atoms with E-state index in [1.807, 2.05) is 83.1 Å². The molecule has 0 amide bonds. The van der Waals surface area contributed by atoms with E-state index in [1.54, 1.807) is 24.3 Å². The van der Waals surface area contributed by atoms with Gasteiger partial charge >= 0.3 is 0 Å². The van der Waals surface area contributed by atoms with Crippen LogP contribution >= 0.6 is 0 Å². The van der Waals surface area contributed by atoms with Crippen molar-refractivity contribution in [3.63, 3.8) is 0 Å². The number of likely N-dealkylation sites (N-methyl/N-ethyl adjacent to an activating group) is 2. The molecule has 1 fully saturated rings. The number of aryl methyl sites for hydroxylation is 3. The molecular weight excluding hydrogens is 1360 g/mol. The molecule has 10 aromatic rings. The summed E-state index contributed by atoms with van der Waals surface area (Å²) in [5.41, 5.74) is 16.0. The number of unbranched alkanes of at least 4 members (excludes halogenated alkanes) is 4. The van der Waals surface area contributed by atoms with Crippen molar-refractivity contribution in [1.29, 1.82) is 0 Å². The first-order valence-electron chi connectivity index (χ1n) is 39.4. The van der Waals surface area contributed by atoms with E-state index in [4.69, 9.17) is 5.10 Å². The number of hydrogen-bond acceptors (Lipinski definition) is 11. The summed E-state index contributed by atoms with van der Waals surface area (Å²) in [6.07, 6.45) is 26.3. The number of rotatable bonds is 35. The minimum absolute atomic E-state index is 0.197. The lowest BCUT2D eigenvalue weighted by atomic mass is 9.89. The second-order valence-corrected chi connectivity index (χ2v) is 28.7. The monoisotopic (exact) mass is 1490 g/mol. The number of benzene rings is 5. The van der Waals surface area contributed by atoms with Crippen LogP contribution in [0.5, 0.6) is 0 Å². The second kappa shape index (κ2) is 46.8. The molecule has 1 aliphatic rings. The highest BCUT2D eigenvalue weighted by atomic mass is 19.1. The minimum Gasteiger partial charge on any atom is -0.318 e. The third-order valence-electron chi connectivity index (χ3n) is 19.6. The highest BCUT2D eigenvalue weighted by molar-refractivity contribution is 5.66. The summed E-state index contributed by atoms with van der Waals surface area (Å²) in [5, 5.41) is 28.6. The van der Waals surface area contributed by atoms with E-state index in [2.05, 4.69) is 149 Å². The Morgan fingerprint density at radius 2 is 0.833 bits per heavy atom. The summed E-state index contributed by atoms with van der Waals surface area (Å²) in [5.74, 6) is -0.304. The second-order valence-electron chi connectivity index (χ2n) is 28.7. The van der Waals surface area contributed by atoms with Gasteiger partial charge in [-0.2, -0.15) is 25.5 Å². The average molecular weight is 1490 g/mol. The summed E-state index contributed by atoms with van der Waals surface area (Å²) in [7, 11) is 12.4. The van der Waals surface area contributed by atoms with Gasteiger partial charge in [-0.25, -0.2) is 22.0 Å². The molecule has 5 heterocycles. The van der Waals surface area contributed by atoms with Gasteiger partial charge in [0.25, 0.3) is 0 Å². The summed E-state index contributed by atoms with van der Waals surface area (Å²) in [4.78, 5) is 11.6. The van der Waals surface area contributed by atoms with Crippen molar-refractivity contribution < 1.29 is 22.0 Å². The minimum atomic E-state index is -0.223. The molecule has 21 heteroatoms. The first-order chi connectivity index (χ1) is 52.3. The number of halogens is 5. The van der Waals surface area contributed by atoms with Crippen molar-refractivity contribution in [3.05, 3.63) is 209 Å². The third kappa shape index (κ3) is 28.2. The maximum Gasteiger partial charge on any atom is 0.123 e. The fourth-order valence-corrected chi connectivity index (χ4v) is 13.4. The van der Waals surface area contributed by atoms with Crippen LogP contribution in [0.4, 0.5) is 22.0 Å². The molecular formula is C87H123F5N16. The van der Waals surface area contributed by atoms with E-state index in [0.29, 0.717) is 0 Å². The smallest absolute Gasteiger partial charge is 0.123 e. The van der Waals surface area contributed by atoms with Crippen LogP contribution in [-0.4, -0.2) is 155 Å². The lowest BCUT2D eigenvalue weighted by molar-refractivity contribution is 0.282. The molecule has 0 unspecified atom stereocenters. The Hall–Kier alpha value is -8.44. The molecule has 0 radical (unpaired) electrons. The van der Waals surface area contributed by atoms with E-state index in [0.717, 1.165) is 166 Å². The van der Waals surface area contributed by atoms with Crippen LogP contribution in [0, 0.1) is 35.0 Å². The van der Waals surface area contributed by atoms with E-state index in [1.165, 1.54) is 166 Å². The Morgan fingerprint density at radius 1 is 0.435 bits per heavy atom. The molecule has 0 bridgehead atoms. The predicted octanol–water partition coefficient (Wildman–Crippen LogP) is 19.1. The van der Waals surface area contributed by atoms with Crippen LogP contribution in [0.2, 0.25) is 0 Å². The van der Waals surface area contributed by atoms with Crippen molar-refractivity contribution in [3.8, 4) is 56.3 Å². The normalized spacial score (nSPS) is 12.3. The Labute approximate surface area is 641 Å². The maximum absolute atomic E-state index is 13.3. The van der Waals surface area contributed by atoms with Crippen LogP contribution in [-0.2, 0) is 59.4 Å². The average Bonchev–Trinajstić information content (AvgIpc) is 1.68. The first kappa shape index (κ1) is 86.8. The summed E-state index contributed by atoms with van der Waals surface area (Å²) in [6, 6.07) is 33.1. The molecule has 0 atom stereocenters. The number of H-pyrrole nitrogens is 1. The zero-order valence-electron chi connectivity index (χ0n) is 67.0. The SMILES string of the molecule is CCCCN(C)Cc1cn(CC)nc1-c1ccc(F)cc1.CCCCN(C)Cc1cn(CC2CCCCC2)nc1-c1ccc(F)cc1.CCCCN(C)Cc1cnn(C)c1-c1ccc(F)cc1.CCCCN(C)Cc1cnn(CC)c1-c1ccc(F)cc1.CCN(CCNC)Cc1cn[nH]c1-c1ccc(F)cc1. The fraction of sp³-hybridized carbons (Fsp3) is 0.483. The van der Waals surface area contributed by atoms with E-state index in [9.17, 15) is 22.0 Å². The molecule has 0 aliphatic heterocycles. The quantitative estimate of drug-likeness (QED) is 0.0369. The third-order valence-corrected chi connectivity index (χ3v) is 19.6. The zero-order chi connectivity index (χ0) is 77.7. The standard InChI is InChI=1S/C22H32FN3.2C17H24FN3.C16H22FN3.C15H21FN4/c1-3-4-14-25(2)16-20-17-26(15-18-8-6-5-7-9-18)24-22(20)19-10-12-21(23)13-11-19;1-4-6-11-20(3)12-15-13-21(5-2)19-17(15)14-7-9-16(18)10-8-14;1-4-6-11-20(3)13-15-12-19-21(5-2)17(15)14-7-9-16(18)10-8-14;1-4-5-10-19(2)12-14-11-18-20(3)16(14)13-6-8-15(17)9-7-13;1-3-20(9-8-17-2)11-13-10-18-19-15(13)12-4-6-14(16)7-5-12/h10-13,17-18H,3-9,14-16H2,1-2H3;7-10,13H,4-6,11-12H2,1-3H3;7-10,12H,4-6,11,13H2,1-3H3;6-9,11H,4-5,10,12H2,1-3H3;4-7,10,17H,3,8-9,11H2,1-2H3,(H,18,19). The van der Waals surface area contributed by atoms with Crippen molar-refractivity contribution in [2.24, 2.45) is 13.0 Å². The maximum atomic E-state index is 13.3. The van der Waals surface area contributed by atoms with E-state index < -0.39 is 0 Å². The molecule has 1 saturated carbocycles. The molecule has 0 spiro atoms. The largest absolute Gasteiger partial charge is 0.318 e. The highest BCUT2D eigenvalue weighted by Gasteiger charge is 2.21. The van der Waals surface area contributed by atoms with Crippen LogP contribution in [0.15, 0.2) is 152 Å². The first-order valence-corrected chi connectivity index (χ1v) is 39.4. The number of nitrogens with one attached hydrogen (secondary N) is 2. The molecule has 0 saturated heterocycles. The van der Waals surface area contributed by atoms with Crippen LogP contribution in [0.3, 0.4) is 0 Å². The zero-order valence-corrected chi connectivity index (χ0v) is 67.0. The van der Waals surface area contributed by atoms with Crippen LogP contribution in [0.1, 0.15) is 160 Å². The summed E-state index contributed by atoms with van der Waals surface area (Å²) in [6.45, 7) is 29.3. The number of hydrogen-bond donors (Lipinski definition) is 2. The molecule has 5 aromatic heterocycles. The fourth-order valence-electron chi connectivity index (χ4n) is 13.4. The van der Waals surface area contributed by atoms with Gasteiger partial charge in [0.15, 0.2) is 0 Å². The Kier molecular flexibility index (Phi) is 37.6. The van der Waals surface area contributed by atoms with Gasteiger partial charge < -0.3 is 24.9 Å². The lowest BCUT2D eigenvalue weighted by Crippen LogP contribution is -2.30. The molecule has 108 heavy (non-hydrogen) atoms. The Morgan fingerprint density at radius 3 is 1.26 bits per heavy atom. The summed E-state index contributed by atoms with van der Waals surface area (Å²) >= 11 is 0. The van der Waals surface area contributed by atoms with Gasteiger partial charge in [0, 0.05) is 141 Å². The van der Waals surface area contributed by atoms with E-state index >= 15 is 0 Å². The number of aromatic amines is 1. The number of nitrogens with zero attached hydrogens (tertiary/aromatic N) is 14. The van der Waals surface area contributed by atoms with Gasteiger partial charge in [-0.3, -0.25) is 28.7 Å². The van der Waals surface area contributed by atoms with Gasteiger partial charge in [0.1, 0.15) is 29.1 Å². The van der Waals surface area contributed by atoms with Crippen LogP contribution in [0.25, 0.3) is 56.3 Å². The van der Waals surface area contributed by atoms with Gasteiger partial charge in [-0.05, 0) is 248 Å². The Bertz CT molecular complexity index is 4070. The highest BCUT2D eigenvalue weighted by Crippen LogP contribution is 2.31. The van der Waals surface area contributed by atoms with Crippen molar-refractivity contribution in [2.75, 3.05) is 81.1 Å². The molecule has 16 nitrogen and oxygen atoms in total. The van der Waals surface area contributed by atoms with Crippen molar-refractivity contribution >= 4 is 0 Å². The van der Waals surface area contributed by atoms with Gasteiger partial charge in [0.05, 0.1) is 47.1 Å². The topological polar surface area (TPSA) is 128 Å². The predicted molar refractivity (Wildman–Crippen MR) is 433 cm³/mol. The molecule has 586 valence electrons. The van der Waals surface area contributed by atoms with Gasteiger partial charge in [-0.15, -0.1) is 0 Å².